The number of fused-ring (bicyclic) bond motifs is 3. The lowest BCUT2D eigenvalue weighted by Gasteiger charge is -2.41. The summed E-state index contributed by atoms with van der Waals surface area (Å²) in [6.45, 7) is 10.9. The highest BCUT2D eigenvalue weighted by Crippen LogP contribution is 2.39. The molecule has 0 amide bonds. The van der Waals surface area contributed by atoms with Gasteiger partial charge >= 0.3 is 0 Å². The number of hydrogen-bond acceptors (Lipinski definition) is 1. The normalized spacial score (nSPS) is 18.1. The van der Waals surface area contributed by atoms with Crippen LogP contribution in [0.4, 0.5) is 0 Å². The highest BCUT2D eigenvalue weighted by molar-refractivity contribution is 5.73. The van der Waals surface area contributed by atoms with Crippen molar-refractivity contribution in [3.05, 3.63) is 100 Å². The summed E-state index contributed by atoms with van der Waals surface area (Å²) >= 11 is 0. The quantitative estimate of drug-likeness (QED) is 0.572. The fourth-order valence-corrected chi connectivity index (χ4v) is 4.54. The molecule has 1 nitrogen and oxygen atoms in total. The van der Waals surface area contributed by atoms with Crippen molar-refractivity contribution in [2.75, 3.05) is 0 Å². The smallest absolute Gasteiger partial charge is 0.0448 e. The van der Waals surface area contributed by atoms with E-state index in [2.05, 4.69) is 87.0 Å². The summed E-state index contributed by atoms with van der Waals surface area (Å²) in [5.41, 5.74) is 11.2. The molecule has 0 saturated heterocycles. The Morgan fingerprint density at radius 2 is 1.93 bits per heavy atom. The van der Waals surface area contributed by atoms with Crippen LogP contribution in [0, 0.1) is 6.92 Å². The van der Waals surface area contributed by atoms with Crippen molar-refractivity contribution in [3.8, 4) is 0 Å². The fraction of sp³-hybridized carbons (Fsp3) is 0.333. The van der Waals surface area contributed by atoms with Crippen LogP contribution >= 0.6 is 0 Å². The summed E-state index contributed by atoms with van der Waals surface area (Å²) in [6, 6.07) is 16.3. The van der Waals surface area contributed by atoms with E-state index < -0.39 is 0 Å². The molecule has 2 aliphatic heterocycles. The van der Waals surface area contributed by atoms with E-state index >= 15 is 0 Å². The summed E-state index contributed by atoms with van der Waals surface area (Å²) in [5.74, 6) is 0. The summed E-state index contributed by atoms with van der Waals surface area (Å²) in [4.78, 5) is 2.51. The minimum atomic E-state index is 0.540. The highest BCUT2D eigenvalue weighted by atomic mass is 15.2. The molecule has 28 heavy (non-hydrogen) atoms. The predicted molar refractivity (Wildman–Crippen MR) is 120 cm³/mol. The van der Waals surface area contributed by atoms with Crippen molar-refractivity contribution in [3.63, 3.8) is 0 Å². The standard InChI is InChI=1S/C27H31N/c1-5-25-17-24-16-22(12-11-21-9-7-6-8-10-21)20(4)15-26(24)27-14-13-23(19(2)3)18-28(25)27/h6-10,14-16,18,25H,2,5,11-13,17H2,1,3-4H3. The third-order valence-corrected chi connectivity index (χ3v) is 6.32. The van der Waals surface area contributed by atoms with Crippen molar-refractivity contribution in [2.24, 2.45) is 0 Å². The van der Waals surface area contributed by atoms with Crippen molar-refractivity contribution in [1.29, 1.82) is 0 Å². The minimum Gasteiger partial charge on any atom is -0.344 e. The zero-order valence-corrected chi connectivity index (χ0v) is 17.5. The van der Waals surface area contributed by atoms with Crippen LogP contribution in [0.3, 0.4) is 0 Å². The lowest BCUT2D eigenvalue weighted by Crippen LogP contribution is -2.37. The fourth-order valence-electron chi connectivity index (χ4n) is 4.54. The van der Waals surface area contributed by atoms with Gasteiger partial charge in [0.05, 0.1) is 0 Å². The second kappa shape index (κ2) is 7.83. The first-order chi connectivity index (χ1) is 13.6. The molecule has 0 bridgehead atoms. The Labute approximate surface area is 170 Å². The molecule has 2 aromatic rings. The van der Waals surface area contributed by atoms with E-state index in [1.807, 2.05) is 0 Å². The average Bonchev–Trinajstić information content (AvgIpc) is 2.72. The van der Waals surface area contributed by atoms with Crippen LogP contribution in [0.15, 0.2) is 72.5 Å². The van der Waals surface area contributed by atoms with Gasteiger partial charge in [-0.2, -0.15) is 0 Å². The Morgan fingerprint density at radius 3 is 2.64 bits per heavy atom. The van der Waals surface area contributed by atoms with Crippen LogP contribution in [0.5, 0.6) is 0 Å². The zero-order valence-electron chi connectivity index (χ0n) is 17.5. The lowest BCUT2D eigenvalue weighted by molar-refractivity contribution is 0.350. The van der Waals surface area contributed by atoms with E-state index in [0.717, 1.165) is 32.1 Å². The zero-order chi connectivity index (χ0) is 19.7. The Kier molecular flexibility index (Phi) is 5.26. The number of allylic oxidation sites excluding steroid dienone is 3. The molecule has 0 spiro atoms. The number of rotatable bonds is 5. The van der Waals surface area contributed by atoms with Gasteiger partial charge in [0.15, 0.2) is 0 Å². The first kappa shape index (κ1) is 18.8. The molecule has 1 heteroatoms. The molecule has 1 atom stereocenters. The van der Waals surface area contributed by atoms with E-state index in [1.165, 1.54) is 44.7 Å². The van der Waals surface area contributed by atoms with Crippen LogP contribution in [-0.4, -0.2) is 10.9 Å². The van der Waals surface area contributed by atoms with Gasteiger partial charge in [-0.1, -0.05) is 61.5 Å². The van der Waals surface area contributed by atoms with Crippen molar-refractivity contribution >= 4 is 5.70 Å². The minimum absolute atomic E-state index is 0.540. The second-order valence-corrected chi connectivity index (χ2v) is 8.32. The number of benzene rings is 2. The third kappa shape index (κ3) is 3.58. The molecule has 4 rings (SSSR count). The average molecular weight is 370 g/mol. The molecule has 144 valence electrons. The van der Waals surface area contributed by atoms with Crippen LogP contribution in [0.1, 0.15) is 54.5 Å². The van der Waals surface area contributed by atoms with Gasteiger partial charge in [0.1, 0.15) is 0 Å². The lowest BCUT2D eigenvalue weighted by atomic mass is 9.84. The molecule has 2 aliphatic rings. The number of hydrogen-bond donors (Lipinski definition) is 0. The van der Waals surface area contributed by atoms with Crippen molar-refractivity contribution in [1.82, 2.24) is 4.90 Å². The molecule has 0 aliphatic carbocycles. The molecule has 0 radical (unpaired) electrons. The maximum absolute atomic E-state index is 4.16. The van der Waals surface area contributed by atoms with E-state index in [9.17, 15) is 0 Å². The van der Waals surface area contributed by atoms with Crippen LogP contribution < -0.4 is 0 Å². The molecule has 0 fully saturated rings. The summed E-state index contributed by atoms with van der Waals surface area (Å²) in [6.07, 6.45) is 10.3. The predicted octanol–water partition coefficient (Wildman–Crippen LogP) is 6.62. The Bertz CT molecular complexity index is 946. The molecule has 0 saturated carbocycles. The summed E-state index contributed by atoms with van der Waals surface area (Å²) in [5, 5.41) is 0. The monoisotopic (exact) mass is 369 g/mol. The van der Waals surface area contributed by atoms with Crippen molar-refractivity contribution in [2.45, 2.75) is 58.9 Å². The molecular formula is C27H31N. The Hall–Kier alpha value is -2.54. The first-order valence-corrected chi connectivity index (χ1v) is 10.6. The SMILES string of the molecule is C=C(C)C1=CN2C(=CC1)c1cc(C)c(CCc3ccccc3)cc1CC2CC. The Morgan fingerprint density at radius 1 is 1.14 bits per heavy atom. The van der Waals surface area contributed by atoms with Crippen LogP contribution in [0.25, 0.3) is 5.70 Å². The van der Waals surface area contributed by atoms with E-state index in [0.29, 0.717) is 6.04 Å². The van der Waals surface area contributed by atoms with Gasteiger partial charge in [0.25, 0.3) is 0 Å². The van der Waals surface area contributed by atoms with Gasteiger partial charge in [0, 0.05) is 23.5 Å². The first-order valence-electron chi connectivity index (χ1n) is 10.6. The molecule has 0 aromatic heterocycles. The topological polar surface area (TPSA) is 3.24 Å². The van der Waals surface area contributed by atoms with Crippen LogP contribution in [0.2, 0.25) is 0 Å². The maximum Gasteiger partial charge on any atom is 0.0448 e. The summed E-state index contributed by atoms with van der Waals surface area (Å²) in [7, 11) is 0. The van der Waals surface area contributed by atoms with Gasteiger partial charge < -0.3 is 4.90 Å². The Balaban J connectivity index is 1.64. The van der Waals surface area contributed by atoms with Gasteiger partial charge in [-0.15, -0.1) is 0 Å². The van der Waals surface area contributed by atoms with E-state index in [4.69, 9.17) is 0 Å². The maximum atomic E-state index is 4.16. The van der Waals surface area contributed by atoms with Gasteiger partial charge in [0.2, 0.25) is 0 Å². The van der Waals surface area contributed by atoms with Gasteiger partial charge in [-0.25, -0.2) is 0 Å². The number of nitrogens with zero attached hydrogens (tertiary/aromatic N) is 1. The second-order valence-electron chi connectivity index (χ2n) is 8.32. The van der Waals surface area contributed by atoms with E-state index in [-0.39, 0.29) is 0 Å². The van der Waals surface area contributed by atoms with E-state index in [1.54, 1.807) is 0 Å². The number of aryl methyl sites for hydroxylation is 3. The molecular weight excluding hydrogens is 338 g/mol. The third-order valence-electron chi connectivity index (χ3n) is 6.32. The molecule has 0 N–H and O–H groups in total. The molecule has 2 aromatic carbocycles. The van der Waals surface area contributed by atoms with Gasteiger partial charge in [-0.3, -0.25) is 0 Å². The molecule has 1 unspecified atom stereocenters. The van der Waals surface area contributed by atoms with Crippen LogP contribution in [-0.2, 0) is 19.3 Å². The van der Waals surface area contributed by atoms with Gasteiger partial charge in [-0.05, 0) is 79.8 Å². The largest absolute Gasteiger partial charge is 0.344 e. The van der Waals surface area contributed by atoms with Crippen molar-refractivity contribution < 1.29 is 0 Å². The molecule has 2 heterocycles. The highest BCUT2D eigenvalue weighted by Gasteiger charge is 2.30. The summed E-state index contributed by atoms with van der Waals surface area (Å²) < 4.78 is 0.